The van der Waals surface area contributed by atoms with Crippen molar-refractivity contribution in [1.82, 2.24) is 15.5 Å². The third-order valence-corrected chi connectivity index (χ3v) is 8.14. The van der Waals surface area contributed by atoms with Gasteiger partial charge in [-0.25, -0.2) is 9.79 Å². The zero-order valence-corrected chi connectivity index (χ0v) is 23.6. The molecule has 4 rings (SSSR count). The van der Waals surface area contributed by atoms with Crippen molar-refractivity contribution >= 4 is 36.1 Å². The average Bonchev–Trinajstić information content (AvgIpc) is 3.37. The van der Waals surface area contributed by atoms with Gasteiger partial charge >= 0.3 is 13.2 Å². The maximum Gasteiger partial charge on any atom is 0.494 e. The molecule has 0 bridgehead atoms. The fraction of sp³-hybridized carbons (Fsp3) is 0.667. The third-order valence-electron chi connectivity index (χ3n) is 8.14. The van der Waals surface area contributed by atoms with E-state index in [1.807, 2.05) is 58.6 Å². The Bertz CT molecular complexity index is 1080. The molecule has 2 saturated heterocycles. The summed E-state index contributed by atoms with van der Waals surface area (Å²) in [5.41, 5.74) is 1.58. The molecule has 2 amide bonds. The number of hydrogen-bond acceptors (Lipinski definition) is 7. The van der Waals surface area contributed by atoms with E-state index in [-0.39, 0.29) is 23.4 Å². The van der Waals surface area contributed by atoms with E-state index in [0.717, 1.165) is 35.4 Å². The topological polar surface area (TPSA) is 101 Å². The second-order valence-electron chi connectivity index (χ2n) is 12.2. The van der Waals surface area contributed by atoms with E-state index in [2.05, 4.69) is 30.5 Å². The third kappa shape index (κ3) is 5.10. The van der Waals surface area contributed by atoms with Crippen molar-refractivity contribution in [3.63, 3.8) is 0 Å². The van der Waals surface area contributed by atoms with Gasteiger partial charge in [0.1, 0.15) is 11.9 Å². The summed E-state index contributed by atoms with van der Waals surface area (Å²) in [5.74, 6) is 0.547. The van der Waals surface area contributed by atoms with Crippen molar-refractivity contribution in [2.24, 2.45) is 10.9 Å². The van der Waals surface area contributed by atoms with Crippen LogP contribution < -0.4 is 16.1 Å². The first-order chi connectivity index (χ1) is 17.2. The van der Waals surface area contributed by atoms with Crippen molar-refractivity contribution < 1.29 is 23.6 Å². The van der Waals surface area contributed by atoms with Gasteiger partial charge in [0.25, 0.3) is 0 Å². The maximum atomic E-state index is 13.6. The highest BCUT2D eigenvalue weighted by Crippen LogP contribution is 2.39. The number of hydrogen-bond donors (Lipinski definition) is 2. The number of fused-ring (bicyclic) bond motifs is 1. The molecule has 37 heavy (non-hydrogen) atoms. The molecule has 1 aromatic carbocycles. The highest BCUT2D eigenvalue weighted by Gasteiger charge is 2.52. The molecule has 0 radical (unpaired) electrons. The highest BCUT2D eigenvalue weighted by molar-refractivity contribution is 6.62. The number of ether oxygens (including phenoxy) is 1. The van der Waals surface area contributed by atoms with Crippen molar-refractivity contribution in [1.29, 1.82) is 0 Å². The Morgan fingerprint density at radius 1 is 1.16 bits per heavy atom. The van der Waals surface area contributed by atoms with Gasteiger partial charge in [0.05, 0.1) is 35.6 Å². The number of alkyl carbamates (subject to hydrolysis) is 1. The quantitative estimate of drug-likeness (QED) is 0.588. The van der Waals surface area contributed by atoms with Gasteiger partial charge in [0.15, 0.2) is 0 Å². The van der Waals surface area contributed by atoms with E-state index >= 15 is 0 Å². The van der Waals surface area contributed by atoms with E-state index in [0.29, 0.717) is 6.54 Å². The summed E-state index contributed by atoms with van der Waals surface area (Å²) in [7, 11) is 0.821. The van der Waals surface area contributed by atoms with Gasteiger partial charge in [-0.2, -0.15) is 0 Å². The van der Waals surface area contributed by atoms with Crippen LogP contribution in [0.1, 0.15) is 73.8 Å². The van der Waals surface area contributed by atoms with Gasteiger partial charge in [0.2, 0.25) is 5.91 Å². The first kappa shape index (κ1) is 27.4. The van der Waals surface area contributed by atoms with E-state index in [4.69, 9.17) is 19.0 Å². The Labute approximate surface area is 220 Å². The average molecular weight is 512 g/mol. The second-order valence-corrected chi connectivity index (χ2v) is 12.2. The number of nitrogens with one attached hydrogen (secondary N) is 2. The molecule has 0 saturated carbocycles. The van der Waals surface area contributed by atoms with Crippen LogP contribution in [-0.2, 0) is 24.4 Å². The number of rotatable bonds is 5. The molecule has 3 heterocycles. The normalized spacial score (nSPS) is 24.3. The number of methoxy groups -OCH3 is 1. The fourth-order valence-electron chi connectivity index (χ4n) is 5.19. The van der Waals surface area contributed by atoms with Crippen LogP contribution in [0.15, 0.2) is 23.2 Å². The SMILES string of the molecule is COC(=O)NC(C(=O)N1CCCC1C1=Nc2cc(B3OC(C)(C)C(C)(C)O3)ccc2C(C)(C)N1)C(C)C. The zero-order chi connectivity index (χ0) is 27.3. The number of aliphatic imine (C=N–C) groups is 1. The molecule has 0 spiro atoms. The number of amidine groups is 1. The lowest BCUT2D eigenvalue weighted by Gasteiger charge is -2.38. The molecule has 0 aromatic heterocycles. The second kappa shape index (κ2) is 9.62. The van der Waals surface area contributed by atoms with Crippen LogP contribution in [0.2, 0.25) is 0 Å². The van der Waals surface area contributed by atoms with Crippen LogP contribution in [0.5, 0.6) is 0 Å². The first-order valence-corrected chi connectivity index (χ1v) is 13.2. The maximum absolute atomic E-state index is 13.6. The van der Waals surface area contributed by atoms with Gasteiger partial charge in [-0.1, -0.05) is 26.0 Å². The lowest BCUT2D eigenvalue weighted by atomic mass is 9.77. The Hall–Kier alpha value is -2.59. The summed E-state index contributed by atoms with van der Waals surface area (Å²) in [6.45, 7) is 16.8. The fourth-order valence-corrected chi connectivity index (χ4v) is 5.19. The van der Waals surface area contributed by atoms with E-state index in [1.165, 1.54) is 7.11 Å². The molecule has 2 unspecified atom stereocenters. The number of carbonyl (C=O) groups is 2. The number of benzene rings is 1. The van der Waals surface area contributed by atoms with Crippen molar-refractivity contribution in [2.75, 3.05) is 13.7 Å². The van der Waals surface area contributed by atoms with Gasteiger partial charge in [0, 0.05) is 12.1 Å². The van der Waals surface area contributed by atoms with E-state index < -0.39 is 30.5 Å². The molecule has 3 aliphatic heterocycles. The van der Waals surface area contributed by atoms with Crippen molar-refractivity contribution in [3.8, 4) is 0 Å². The predicted octanol–water partition coefficient (Wildman–Crippen LogP) is 3.23. The number of amides is 2. The Balaban J connectivity index is 1.64. The Morgan fingerprint density at radius 2 is 1.81 bits per heavy atom. The summed E-state index contributed by atoms with van der Waals surface area (Å²) in [6, 6.07) is 5.28. The Kier molecular flexibility index (Phi) is 7.14. The largest absolute Gasteiger partial charge is 0.494 e. The van der Waals surface area contributed by atoms with Crippen LogP contribution >= 0.6 is 0 Å². The molecule has 2 fully saturated rings. The van der Waals surface area contributed by atoms with Gasteiger partial charge in [-0.15, -0.1) is 0 Å². The van der Waals surface area contributed by atoms with E-state index in [1.54, 1.807) is 0 Å². The molecular formula is C27H41BN4O5. The van der Waals surface area contributed by atoms with Crippen LogP contribution in [0, 0.1) is 5.92 Å². The molecular weight excluding hydrogens is 471 g/mol. The molecule has 2 N–H and O–H groups in total. The van der Waals surface area contributed by atoms with Gasteiger partial charge < -0.3 is 29.6 Å². The zero-order valence-electron chi connectivity index (χ0n) is 23.6. The minimum atomic E-state index is -0.674. The molecule has 202 valence electrons. The number of carbonyl (C=O) groups excluding carboxylic acids is 2. The Morgan fingerprint density at radius 3 is 2.41 bits per heavy atom. The lowest BCUT2D eigenvalue weighted by Crippen LogP contribution is -2.57. The molecule has 9 nitrogen and oxygen atoms in total. The van der Waals surface area contributed by atoms with Crippen LogP contribution in [0.4, 0.5) is 10.5 Å². The smallest absolute Gasteiger partial charge is 0.453 e. The predicted molar refractivity (Wildman–Crippen MR) is 144 cm³/mol. The number of likely N-dealkylation sites (tertiary alicyclic amines) is 1. The molecule has 3 aliphatic rings. The highest BCUT2D eigenvalue weighted by atomic mass is 16.7. The summed E-state index contributed by atoms with van der Waals surface area (Å²) >= 11 is 0. The van der Waals surface area contributed by atoms with Crippen molar-refractivity contribution in [3.05, 3.63) is 23.8 Å². The summed E-state index contributed by atoms with van der Waals surface area (Å²) in [6.07, 6.45) is 1.05. The standard InChI is InChI=1S/C27H41BN4O5/c1-16(2)21(30-24(34)35-9)23(33)32-14-10-11-20(32)22-29-19-15-17(12-13-18(19)25(3,4)31-22)28-36-26(5,6)27(7,8)37-28/h12-13,15-16,20-21H,10-11,14H2,1-9H3,(H,29,31)(H,30,34). The monoisotopic (exact) mass is 512 g/mol. The van der Waals surface area contributed by atoms with Crippen molar-refractivity contribution in [2.45, 2.75) is 97.1 Å². The van der Waals surface area contributed by atoms with Crippen LogP contribution in [0.25, 0.3) is 0 Å². The van der Waals surface area contributed by atoms with E-state index in [9.17, 15) is 9.59 Å². The summed E-state index contributed by atoms with van der Waals surface area (Å²) < 4.78 is 17.3. The molecule has 0 aliphatic carbocycles. The summed E-state index contributed by atoms with van der Waals surface area (Å²) in [5, 5.41) is 6.30. The lowest BCUT2D eigenvalue weighted by molar-refractivity contribution is -0.134. The first-order valence-electron chi connectivity index (χ1n) is 13.2. The number of nitrogens with zero attached hydrogens (tertiary/aromatic N) is 2. The minimum absolute atomic E-state index is 0.0891. The van der Waals surface area contributed by atoms with Gasteiger partial charge in [-0.3, -0.25) is 4.79 Å². The molecule has 1 aromatic rings. The minimum Gasteiger partial charge on any atom is -0.453 e. The van der Waals surface area contributed by atoms with Gasteiger partial charge in [-0.05, 0) is 71.8 Å². The summed E-state index contributed by atoms with van der Waals surface area (Å²) in [4.78, 5) is 32.4. The molecule has 10 heteroatoms. The van der Waals surface area contributed by atoms with Crippen LogP contribution in [0.3, 0.4) is 0 Å². The van der Waals surface area contributed by atoms with Crippen LogP contribution in [-0.4, -0.2) is 66.8 Å². The molecule has 2 atom stereocenters.